The zero-order valence-corrected chi connectivity index (χ0v) is 14.9. The van der Waals surface area contributed by atoms with E-state index in [9.17, 15) is 4.79 Å². The van der Waals surface area contributed by atoms with Crippen molar-refractivity contribution < 1.29 is 9.42 Å². The highest BCUT2D eigenvalue weighted by Gasteiger charge is 2.17. The van der Waals surface area contributed by atoms with Gasteiger partial charge < -0.3 is 4.90 Å². The Morgan fingerprint density at radius 3 is 2.62 bits per heavy atom. The van der Waals surface area contributed by atoms with Crippen LogP contribution in [0.4, 0.5) is 0 Å². The summed E-state index contributed by atoms with van der Waals surface area (Å²) in [5, 5.41) is 8.53. The molecule has 26 heavy (non-hydrogen) atoms. The van der Waals surface area contributed by atoms with Gasteiger partial charge in [-0.2, -0.15) is 0 Å². The number of hydrogen-bond donors (Lipinski definition) is 0. The number of aryl methyl sites for hydroxylation is 2. The number of hydrogen-bond acceptors (Lipinski definition) is 5. The van der Waals surface area contributed by atoms with Crippen LogP contribution in [0, 0.1) is 13.8 Å². The molecule has 0 N–H and O–H groups in total. The van der Waals surface area contributed by atoms with Gasteiger partial charge in [0.25, 0.3) is 5.91 Å². The first-order valence-electron chi connectivity index (χ1n) is 8.36. The van der Waals surface area contributed by atoms with E-state index in [2.05, 4.69) is 15.3 Å². The molecular weight excluding hydrogens is 328 g/mol. The van der Waals surface area contributed by atoms with E-state index < -0.39 is 0 Å². The lowest BCUT2D eigenvalue weighted by atomic mass is 10.0. The van der Waals surface area contributed by atoms with Gasteiger partial charge in [-0.15, -0.1) is 0 Å². The Kier molecular flexibility index (Phi) is 3.88. The summed E-state index contributed by atoms with van der Waals surface area (Å²) in [6.07, 6.45) is 0. The number of benzene rings is 2. The van der Waals surface area contributed by atoms with E-state index in [1.54, 1.807) is 11.9 Å². The summed E-state index contributed by atoms with van der Waals surface area (Å²) in [6.45, 7) is 4.39. The van der Waals surface area contributed by atoms with Gasteiger partial charge in [0.15, 0.2) is 0 Å². The van der Waals surface area contributed by atoms with Crippen molar-refractivity contribution in [3.63, 3.8) is 0 Å². The van der Waals surface area contributed by atoms with Crippen LogP contribution < -0.4 is 0 Å². The van der Waals surface area contributed by atoms with Crippen molar-refractivity contribution in [2.24, 2.45) is 0 Å². The highest BCUT2D eigenvalue weighted by Crippen LogP contribution is 2.22. The Morgan fingerprint density at radius 2 is 1.77 bits per heavy atom. The first kappa shape index (κ1) is 16.2. The Hall–Kier alpha value is -3.28. The van der Waals surface area contributed by atoms with Crippen molar-refractivity contribution in [3.8, 4) is 0 Å². The van der Waals surface area contributed by atoms with Crippen LogP contribution in [0.1, 0.15) is 27.2 Å². The van der Waals surface area contributed by atoms with Crippen LogP contribution >= 0.6 is 0 Å². The minimum atomic E-state index is -0.0375. The second-order valence-corrected chi connectivity index (χ2v) is 6.58. The fourth-order valence-corrected chi connectivity index (χ4v) is 3.13. The van der Waals surface area contributed by atoms with E-state index in [0.29, 0.717) is 23.1 Å². The monoisotopic (exact) mass is 346 g/mol. The molecule has 130 valence electrons. The molecule has 0 saturated carbocycles. The standard InChI is InChI=1S/C20H18N4O2/c1-12-4-6-17-15(8-12)16(9-13(2)21-17)20(25)24(3)11-14-5-7-18-19(10-14)23-26-22-18/h4-10H,11H2,1-3H3. The van der Waals surface area contributed by atoms with Crippen LogP contribution in [0.5, 0.6) is 0 Å². The van der Waals surface area contributed by atoms with Crippen LogP contribution in [0.15, 0.2) is 47.1 Å². The van der Waals surface area contributed by atoms with Crippen molar-refractivity contribution in [1.29, 1.82) is 0 Å². The highest BCUT2D eigenvalue weighted by molar-refractivity contribution is 6.06. The Labute approximate surface area is 150 Å². The maximum absolute atomic E-state index is 13.1. The van der Waals surface area contributed by atoms with Gasteiger partial charge >= 0.3 is 0 Å². The lowest BCUT2D eigenvalue weighted by Gasteiger charge is -2.19. The fraction of sp³-hybridized carbons (Fsp3) is 0.200. The van der Waals surface area contributed by atoms with E-state index in [0.717, 1.165) is 27.7 Å². The predicted octanol–water partition coefficient (Wildman–Crippen LogP) is 3.66. The average Bonchev–Trinajstić information content (AvgIpc) is 3.08. The summed E-state index contributed by atoms with van der Waals surface area (Å²) >= 11 is 0. The van der Waals surface area contributed by atoms with Gasteiger partial charge in [-0.05, 0) is 60.1 Å². The third-order valence-corrected chi connectivity index (χ3v) is 4.41. The minimum absolute atomic E-state index is 0.0375. The number of carbonyl (C=O) groups excluding carboxylic acids is 1. The van der Waals surface area contributed by atoms with E-state index in [4.69, 9.17) is 4.63 Å². The summed E-state index contributed by atoms with van der Waals surface area (Å²) in [6, 6.07) is 13.5. The van der Waals surface area contributed by atoms with Gasteiger partial charge in [0.2, 0.25) is 0 Å². The second kappa shape index (κ2) is 6.22. The summed E-state index contributed by atoms with van der Waals surface area (Å²) in [5.74, 6) is -0.0375. The molecule has 2 aromatic heterocycles. The normalized spacial score (nSPS) is 11.2. The van der Waals surface area contributed by atoms with E-state index >= 15 is 0 Å². The molecule has 4 aromatic rings. The first-order chi connectivity index (χ1) is 12.5. The molecule has 0 aliphatic carbocycles. The van der Waals surface area contributed by atoms with Crippen molar-refractivity contribution in [3.05, 3.63) is 64.8 Å². The molecule has 0 aliphatic rings. The van der Waals surface area contributed by atoms with Crippen molar-refractivity contribution in [2.45, 2.75) is 20.4 Å². The molecule has 6 heteroatoms. The molecule has 0 spiro atoms. The molecule has 1 amide bonds. The third-order valence-electron chi connectivity index (χ3n) is 4.41. The van der Waals surface area contributed by atoms with Crippen molar-refractivity contribution >= 4 is 27.8 Å². The predicted molar refractivity (Wildman–Crippen MR) is 98.8 cm³/mol. The zero-order valence-electron chi connectivity index (χ0n) is 14.9. The van der Waals surface area contributed by atoms with Gasteiger partial charge in [0.05, 0.1) is 11.1 Å². The van der Waals surface area contributed by atoms with Gasteiger partial charge in [-0.25, -0.2) is 4.63 Å². The smallest absolute Gasteiger partial charge is 0.254 e. The van der Waals surface area contributed by atoms with Crippen molar-refractivity contribution in [2.75, 3.05) is 7.05 Å². The van der Waals surface area contributed by atoms with Crippen LogP contribution in [0.2, 0.25) is 0 Å². The topological polar surface area (TPSA) is 72.1 Å². The maximum atomic E-state index is 13.1. The molecule has 0 aliphatic heterocycles. The lowest BCUT2D eigenvalue weighted by Crippen LogP contribution is -2.26. The summed E-state index contributed by atoms with van der Waals surface area (Å²) < 4.78 is 4.73. The molecule has 4 rings (SSSR count). The van der Waals surface area contributed by atoms with Crippen LogP contribution in [0.25, 0.3) is 21.9 Å². The molecule has 2 aromatic carbocycles. The molecule has 6 nitrogen and oxygen atoms in total. The number of rotatable bonds is 3. The molecule has 0 radical (unpaired) electrons. The van der Waals surface area contributed by atoms with Gasteiger partial charge in [0, 0.05) is 24.7 Å². The number of pyridine rings is 1. The minimum Gasteiger partial charge on any atom is -0.337 e. The van der Waals surface area contributed by atoms with E-state index in [1.807, 2.05) is 56.3 Å². The third kappa shape index (κ3) is 2.90. The number of fused-ring (bicyclic) bond motifs is 2. The number of amides is 1. The quantitative estimate of drug-likeness (QED) is 0.566. The Balaban J connectivity index is 1.68. The number of carbonyl (C=O) groups is 1. The molecule has 0 atom stereocenters. The molecule has 0 bridgehead atoms. The first-order valence-corrected chi connectivity index (χ1v) is 8.36. The highest BCUT2D eigenvalue weighted by atomic mass is 16.6. The number of aromatic nitrogens is 3. The van der Waals surface area contributed by atoms with Crippen LogP contribution in [-0.4, -0.2) is 33.2 Å². The Morgan fingerprint density at radius 1 is 1.00 bits per heavy atom. The summed E-state index contributed by atoms with van der Waals surface area (Å²) in [4.78, 5) is 19.3. The van der Waals surface area contributed by atoms with E-state index in [-0.39, 0.29) is 5.91 Å². The van der Waals surface area contributed by atoms with Gasteiger partial charge in [-0.3, -0.25) is 9.78 Å². The summed E-state index contributed by atoms with van der Waals surface area (Å²) in [5.41, 5.74) is 5.79. The van der Waals surface area contributed by atoms with Crippen LogP contribution in [0.3, 0.4) is 0 Å². The van der Waals surface area contributed by atoms with Crippen LogP contribution in [-0.2, 0) is 6.54 Å². The zero-order chi connectivity index (χ0) is 18.3. The fourth-order valence-electron chi connectivity index (χ4n) is 3.13. The largest absolute Gasteiger partial charge is 0.337 e. The average molecular weight is 346 g/mol. The molecule has 2 heterocycles. The van der Waals surface area contributed by atoms with Gasteiger partial charge in [-0.1, -0.05) is 17.7 Å². The Bertz CT molecular complexity index is 1130. The SMILES string of the molecule is Cc1ccc2nc(C)cc(C(=O)N(C)Cc3ccc4nonc4c3)c2c1. The molecule has 0 unspecified atom stereocenters. The lowest BCUT2D eigenvalue weighted by molar-refractivity contribution is 0.0787. The second-order valence-electron chi connectivity index (χ2n) is 6.58. The van der Waals surface area contributed by atoms with Gasteiger partial charge in [0.1, 0.15) is 11.0 Å². The number of nitrogens with zero attached hydrogens (tertiary/aromatic N) is 4. The van der Waals surface area contributed by atoms with E-state index in [1.165, 1.54) is 0 Å². The maximum Gasteiger partial charge on any atom is 0.254 e. The van der Waals surface area contributed by atoms with Crippen molar-refractivity contribution in [1.82, 2.24) is 20.2 Å². The molecular formula is C20H18N4O2. The molecule has 0 fully saturated rings. The summed E-state index contributed by atoms with van der Waals surface area (Å²) in [7, 11) is 1.80. The molecule has 0 saturated heterocycles.